The lowest BCUT2D eigenvalue weighted by Crippen LogP contribution is -2.52. The van der Waals surface area contributed by atoms with Crippen molar-refractivity contribution in [2.45, 2.75) is 51.5 Å². The van der Waals surface area contributed by atoms with Crippen molar-refractivity contribution in [2.24, 2.45) is 5.92 Å². The van der Waals surface area contributed by atoms with Crippen molar-refractivity contribution < 1.29 is 9.53 Å². The Morgan fingerprint density at radius 2 is 1.93 bits per heavy atom. The van der Waals surface area contributed by atoms with E-state index in [1.165, 1.54) is 5.56 Å². The Morgan fingerprint density at radius 1 is 1.14 bits per heavy atom. The van der Waals surface area contributed by atoms with Crippen LogP contribution in [0.1, 0.15) is 44.6 Å². The second-order valence-electron chi connectivity index (χ2n) is 8.61. The number of likely N-dealkylation sites (tertiary alicyclic amines) is 1. The van der Waals surface area contributed by atoms with Crippen LogP contribution in [0.15, 0.2) is 12.5 Å². The molecule has 7 heteroatoms. The summed E-state index contributed by atoms with van der Waals surface area (Å²) in [6.45, 7) is 9.22. The molecule has 0 bridgehead atoms. The van der Waals surface area contributed by atoms with Crippen LogP contribution in [0, 0.1) is 5.92 Å². The molecule has 3 saturated heterocycles. The van der Waals surface area contributed by atoms with Crippen molar-refractivity contribution in [3.63, 3.8) is 0 Å². The number of carbonyl (C=O) groups is 1. The van der Waals surface area contributed by atoms with E-state index in [1.807, 2.05) is 11.1 Å². The highest BCUT2D eigenvalue weighted by Gasteiger charge is 2.34. The second-order valence-corrected chi connectivity index (χ2v) is 8.61. The third-order valence-electron chi connectivity index (χ3n) is 6.69. The van der Waals surface area contributed by atoms with Gasteiger partial charge in [-0.15, -0.1) is 0 Å². The normalized spacial score (nSPS) is 24.7. The van der Waals surface area contributed by atoms with E-state index in [1.54, 1.807) is 6.33 Å². The number of anilines is 1. The van der Waals surface area contributed by atoms with Crippen molar-refractivity contribution in [3.05, 3.63) is 18.1 Å². The monoisotopic (exact) mass is 401 g/mol. The highest BCUT2D eigenvalue weighted by atomic mass is 16.5. The van der Waals surface area contributed by atoms with Gasteiger partial charge in [0.05, 0.1) is 19.1 Å². The van der Waals surface area contributed by atoms with Crippen LogP contribution in [0.5, 0.6) is 0 Å². The Kier molecular flexibility index (Phi) is 6.98. The molecule has 0 aliphatic carbocycles. The van der Waals surface area contributed by atoms with Crippen LogP contribution in [0.25, 0.3) is 0 Å². The molecule has 1 aromatic heterocycles. The third kappa shape index (κ3) is 4.89. The molecule has 4 rings (SSSR count). The molecule has 7 nitrogen and oxygen atoms in total. The molecule has 0 aromatic carbocycles. The number of piperidine rings is 2. The second kappa shape index (κ2) is 9.85. The van der Waals surface area contributed by atoms with E-state index in [0.717, 1.165) is 83.6 Å². The molecule has 3 fully saturated rings. The number of amides is 1. The predicted octanol–water partition coefficient (Wildman–Crippen LogP) is 1.97. The lowest BCUT2D eigenvalue weighted by molar-refractivity contribution is -0.141. The standard InChI is InChI=1S/C22H35N5O2/c1-2-4-18-15-23-17-24-21(18)25-9-6-20(7-10-25)27-8-3-5-19(16-27)22(28)26-11-13-29-14-12-26/h15,17,19-20H,2-14,16H2,1H3/t19-/m0/s1. The van der Waals surface area contributed by atoms with Gasteiger partial charge in [-0.2, -0.15) is 0 Å². The number of nitrogens with zero attached hydrogens (tertiary/aromatic N) is 5. The maximum Gasteiger partial charge on any atom is 0.227 e. The zero-order valence-electron chi connectivity index (χ0n) is 17.8. The summed E-state index contributed by atoms with van der Waals surface area (Å²) in [6, 6.07) is 0.586. The molecular formula is C22H35N5O2. The largest absolute Gasteiger partial charge is 0.378 e. The van der Waals surface area contributed by atoms with E-state index < -0.39 is 0 Å². The van der Waals surface area contributed by atoms with Gasteiger partial charge >= 0.3 is 0 Å². The van der Waals surface area contributed by atoms with Gasteiger partial charge in [0.25, 0.3) is 0 Å². The third-order valence-corrected chi connectivity index (χ3v) is 6.69. The van der Waals surface area contributed by atoms with Crippen molar-refractivity contribution in [1.82, 2.24) is 19.8 Å². The molecule has 0 spiro atoms. The minimum atomic E-state index is 0.165. The van der Waals surface area contributed by atoms with Gasteiger partial charge < -0.3 is 14.5 Å². The minimum Gasteiger partial charge on any atom is -0.378 e. The molecule has 1 aromatic rings. The number of carbonyl (C=O) groups excluding carboxylic acids is 1. The maximum atomic E-state index is 12.9. The van der Waals surface area contributed by atoms with Gasteiger partial charge in [0.1, 0.15) is 12.1 Å². The average molecular weight is 402 g/mol. The van der Waals surface area contributed by atoms with E-state index in [0.29, 0.717) is 25.2 Å². The van der Waals surface area contributed by atoms with E-state index in [-0.39, 0.29) is 5.92 Å². The first-order chi connectivity index (χ1) is 14.3. The highest BCUT2D eigenvalue weighted by Crippen LogP contribution is 2.28. The summed E-state index contributed by atoms with van der Waals surface area (Å²) in [4.78, 5) is 28.8. The molecule has 0 saturated carbocycles. The number of aryl methyl sites for hydroxylation is 1. The SMILES string of the molecule is CCCc1cncnc1N1CCC(N2CCC[C@H](C(=O)N3CCOCC3)C2)CC1. The molecule has 0 unspecified atom stereocenters. The van der Waals surface area contributed by atoms with Crippen molar-refractivity contribution in [2.75, 3.05) is 57.4 Å². The van der Waals surface area contributed by atoms with Crippen LogP contribution in [-0.4, -0.2) is 84.2 Å². The van der Waals surface area contributed by atoms with E-state index in [9.17, 15) is 4.79 Å². The molecule has 3 aliphatic rings. The van der Waals surface area contributed by atoms with Gasteiger partial charge in [-0.05, 0) is 38.6 Å². The molecule has 4 heterocycles. The summed E-state index contributed by atoms with van der Waals surface area (Å²) in [5.74, 6) is 1.64. The topological polar surface area (TPSA) is 61.8 Å². The number of ether oxygens (including phenoxy) is 1. The minimum absolute atomic E-state index is 0.165. The summed E-state index contributed by atoms with van der Waals surface area (Å²) in [7, 11) is 0. The first-order valence-corrected chi connectivity index (χ1v) is 11.4. The van der Waals surface area contributed by atoms with Gasteiger partial charge in [-0.1, -0.05) is 13.3 Å². The quantitative estimate of drug-likeness (QED) is 0.752. The Balaban J connectivity index is 1.32. The average Bonchev–Trinajstić information content (AvgIpc) is 2.80. The fourth-order valence-electron chi connectivity index (χ4n) is 5.11. The van der Waals surface area contributed by atoms with Gasteiger partial charge in [-0.3, -0.25) is 9.69 Å². The Hall–Kier alpha value is -1.73. The first-order valence-electron chi connectivity index (χ1n) is 11.4. The van der Waals surface area contributed by atoms with E-state index in [4.69, 9.17) is 4.74 Å². The highest BCUT2D eigenvalue weighted by molar-refractivity contribution is 5.79. The van der Waals surface area contributed by atoms with Gasteiger partial charge in [0.15, 0.2) is 0 Å². The summed E-state index contributed by atoms with van der Waals surface area (Å²) >= 11 is 0. The number of rotatable bonds is 5. The zero-order chi connectivity index (χ0) is 20.1. The fourth-order valence-corrected chi connectivity index (χ4v) is 5.11. The van der Waals surface area contributed by atoms with Crippen LogP contribution in [0.3, 0.4) is 0 Å². The first kappa shape index (κ1) is 20.5. The van der Waals surface area contributed by atoms with Crippen LogP contribution >= 0.6 is 0 Å². The molecule has 29 heavy (non-hydrogen) atoms. The van der Waals surface area contributed by atoms with Crippen LogP contribution < -0.4 is 4.90 Å². The van der Waals surface area contributed by atoms with Crippen molar-refractivity contribution >= 4 is 11.7 Å². The summed E-state index contributed by atoms with van der Waals surface area (Å²) in [6.07, 6.45) is 10.3. The number of hydrogen-bond acceptors (Lipinski definition) is 6. The fraction of sp³-hybridized carbons (Fsp3) is 0.773. The lowest BCUT2D eigenvalue weighted by atomic mass is 9.92. The van der Waals surface area contributed by atoms with Gasteiger partial charge in [-0.25, -0.2) is 9.97 Å². The van der Waals surface area contributed by atoms with Gasteiger partial charge in [0, 0.05) is 50.5 Å². The number of morpholine rings is 1. The lowest BCUT2D eigenvalue weighted by Gasteiger charge is -2.43. The van der Waals surface area contributed by atoms with E-state index >= 15 is 0 Å². The van der Waals surface area contributed by atoms with Crippen molar-refractivity contribution in [3.8, 4) is 0 Å². The predicted molar refractivity (Wildman–Crippen MR) is 113 cm³/mol. The molecule has 0 N–H and O–H groups in total. The van der Waals surface area contributed by atoms with Gasteiger partial charge in [0.2, 0.25) is 5.91 Å². The molecule has 3 aliphatic heterocycles. The Morgan fingerprint density at radius 3 is 2.69 bits per heavy atom. The summed E-state index contributed by atoms with van der Waals surface area (Å²) < 4.78 is 5.41. The summed E-state index contributed by atoms with van der Waals surface area (Å²) in [5, 5.41) is 0. The number of aromatic nitrogens is 2. The molecular weight excluding hydrogens is 366 g/mol. The van der Waals surface area contributed by atoms with Crippen LogP contribution in [0.2, 0.25) is 0 Å². The van der Waals surface area contributed by atoms with Crippen LogP contribution in [-0.2, 0) is 16.0 Å². The Labute approximate surface area is 174 Å². The van der Waals surface area contributed by atoms with Crippen LogP contribution in [0.4, 0.5) is 5.82 Å². The summed E-state index contributed by atoms with van der Waals surface area (Å²) in [5.41, 5.74) is 1.27. The zero-order valence-corrected chi connectivity index (χ0v) is 17.8. The molecule has 1 amide bonds. The Bertz CT molecular complexity index is 671. The smallest absolute Gasteiger partial charge is 0.227 e. The van der Waals surface area contributed by atoms with E-state index in [2.05, 4.69) is 26.7 Å². The molecule has 1 atom stereocenters. The van der Waals surface area contributed by atoms with Crippen molar-refractivity contribution in [1.29, 1.82) is 0 Å². The molecule has 160 valence electrons. The number of hydrogen-bond donors (Lipinski definition) is 0. The maximum absolute atomic E-state index is 12.9. The molecule has 0 radical (unpaired) electrons.